The molecule has 8 nitrogen and oxygen atoms in total. The number of aromatic nitrogens is 2. The quantitative estimate of drug-likeness (QED) is 0.361. The summed E-state index contributed by atoms with van der Waals surface area (Å²) >= 11 is 6.44. The molecule has 0 unspecified atom stereocenters. The van der Waals surface area contributed by atoms with E-state index in [4.69, 9.17) is 21.1 Å². The van der Waals surface area contributed by atoms with E-state index < -0.39 is 0 Å². The van der Waals surface area contributed by atoms with Crippen molar-refractivity contribution in [2.24, 2.45) is 4.99 Å². The Morgan fingerprint density at radius 3 is 2.86 bits per heavy atom. The third-order valence-corrected chi connectivity index (χ3v) is 6.08. The van der Waals surface area contributed by atoms with Crippen LogP contribution in [0.5, 0.6) is 5.75 Å². The van der Waals surface area contributed by atoms with Gasteiger partial charge in [-0.05, 0) is 54.1 Å². The summed E-state index contributed by atoms with van der Waals surface area (Å²) in [7, 11) is 1.83. The van der Waals surface area contributed by atoms with Crippen molar-refractivity contribution in [2.75, 3.05) is 25.6 Å². The van der Waals surface area contributed by atoms with E-state index >= 15 is 0 Å². The van der Waals surface area contributed by atoms with Crippen LogP contribution in [0.25, 0.3) is 10.9 Å². The van der Waals surface area contributed by atoms with Gasteiger partial charge in [0.25, 0.3) is 6.02 Å². The SMILES string of the molecule is CN1/C(=N/c2ccc3ncnc(Nc4ccc(OCc5cccc(F)c5)c(Cl)c4)c3c2)OC[C@@H]1CO. The average Bonchev–Trinajstić information content (AvgIpc) is 3.23. The molecular formula is C26H23ClFN5O3. The average molecular weight is 508 g/mol. The van der Waals surface area contributed by atoms with Crippen molar-refractivity contribution >= 4 is 45.7 Å². The number of rotatable bonds is 7. The van der Waals surface area contributed by atoms with E-state index in [0.717, 1.165) is 10.9 Å². The van der Waals surface area contributed by atoms with Crippen LogP contribution in [0.2, 0.25) is 5.02 Å². The summed E-state index contributed by atoms with van der Waals surface area (Å²) in [5.41, 5.74) is 2.83. The maximum absolute atomic E-state index is 13.4. The highest BCUT2D eigenvalue weighted by atomic mass is 35.5. The van der Waals surface area contributed by atoms with Gasteiger partial charge in [-0.25, -0.2) is 14.4 Å². The van der Waals surface area contributed by atoms with Crippen LogP contribution in [0, 0.1) is 5.82 Å². The zero-order chi connectivity index (χ0) is 25.1. The van der Waals surface area contributed by atoms with Gasteiger partial charge in [-0.1, -0.05) is 23.7 Å². The molecule has 0 spiro atoms. The molecule has 5 rings (SSSR count). The van der Waals surface area contributed by atoms with E-state index in [1.54, 1.807) is 24.3 Å². The number of halogens is 2. The molecule has 10 heteroatoms. The Hall–Kier alpha value is -3.95. The summed E-state index contributed by atoms with van der Waals surface area (Å²) < 4.78 is 24.8. The second kappa shape index (κ2) is 10.3. The molecule has 184 valence electrons. The first kappa shape index (κ1) is 23.8. The summed E-state index contributed by atoms with van der Waals surface area (Å²) in [5, 5.41) is 13.9. The van der Waals surface area contributed by atoms with E-state index in [-0.39, 0.29) is 25.1 Å². The van der Waals surface area contributed by atoms with Crippen LogP contribution in [-0.4, -0.2) is 52.3 Å². The van der Waals surface area contributed by atoms with Gasteiger partial charge in [-0.3, -0.25) is 0 Å². The fourth-order valence-electron chi connectivity index (χ4n) is 3.77. The van der Waals surface area contributed by atoms with Crippen molar-refractivity contribution in [3.05, 3.63) is 83.4 Å². The van der Waals surface area contributed by atoms with Gasteiger partial charge in [0.1, 0.15) is 36.9 Å². The van der Waals surface area contributed by atoms with E-state index in [1.807, 2.05) is 36.2 Å². The lowest BCUT2D eigenvalue weighted by molar-refractivity contribution is 0.197. The molecule has 1 atom stereocenters. The molecule has 1 aromatic heterocycles. The van der Waals surface area contributed by atoms with Crippen molar-refractivity contribution in [1.82, 2.24) is 14.9 Å². The minimum absolute atomic E-state index is 0.00760. The molecule has 1 fully saturated rings. The monoisotopic (exact) mass is 507 g/mol. The molecule has 0 bridgehead atoms. The van der Waals surface area contributed by atoms with Crippen LogP contribution in [0.15, 0.2) is 72.0 Å². The molecule has 1 saturated heterocycles. The first-order valence-electron chi connectivity index (χ1n) is 11.2. The number of fused-ring (bicyclic) bond motifs is 1. The first-order chi connectivity index (χ1) is 17.5. The predicted octanol–water partition coefficient (Wildman–Crippen LogP) is 5.06. The Labute approximate surface area is 212 Å². The topological polar surface area (TPSA) is 92.1 Å². The van der Waals surface area contributed by atoms with Crippen LogP contribution >= 0.6 is 11.6 Å². The van der Waals surface area contributed by atoms with Crippen LogP contribution in [0.1, 0.15) is 5.56 Å². The molecule has 0 aliphatic carbocycles. The van der Waals surface area contributed by atoms with E-state index in [0.29, 0.717) is 46.2 Å². The minimum Gasteiger partial charge on any atom is -0.487 e. The molecule has 3 aromatic carbocycles. The van der Waals surface area contributed by atoms with Gasteiger partial charge in [0.05, 0.1) is 28.9 Å². The molecular weight excluding hydrogens is 485 g/mol. The summed E-state index contributed by atoms with van der Waals surface area (Å²) in [6.45, 7) is 0.578. The number of ether oxygens (including phenoxy) is 2. The van der Waals surface area contributed by atoms with Crippen molar-refractivity contribution in [3.63, 3.8) is 0 Å². The summed E-state index contributed by atoms with van der Waals surface area (Å²) in [6, 6.07) is 17.4. The van der Waals surface area contributed by atoms with E-state index in [2.05, 4.69) is 20.3 Å². The molecule has 0 saturated carbocycles. The number of nitrogens with zero attached hydrogens (tertiary/aromatic N) is 4. The number of aliphatic imine (C=N–C) groups is 1. The number of aliphatic hydroxyl groups excluding tert-OH is 1. The zero-order valence-electron chi connectivity index (χ0n) is 19.4. The first-order valence-corrected chi connectivity index (χ1v) is 11.6. The fourth-order valence-corrected chi connectivity index (χ4v) is 4.01. The zero-order valence-corrected chi connectivity index (χ0v) is 20.1. The number of anilines is 2. The normalized spacial score (nSPS) is 16.4. The van der Waals surface area contributed by atoms with Crippen LogP contribution in [0.4, 0.5) is 21.6 Å². The highest BCUT2D eigenvalue weighted by Crippen LogP contribution is 2.32. The second-order valence-electron chi connectivity index (χ2n) is 8.27. The van der Waals surface area contributed by atoms with Gasteiger partial charge in [0.2, 0.25) is 0 Å². The van der Waals surface area contributed by atoms with E-state index in [1.165, 1.54) is 18.5 Å². The lowest BCUT2D eigenvalue weighted by Crippen LogP contribution is -2.32. The summed E-state index contributed by atoms with van der Waals surface area (Å²) in [5.74, 6) is 0.755. The number of likely N-dealkylation sites (N-methyl/N-ethyl adjacent to an activating group) is 1. The lowest BCUT2D eigenvalue weighted by atomic mass is 10.2. The molecule has 1 aliphatic heterocycles. The Bertz CT molecular complexity index is 1430. The van der Waals surface area contributed by atoms with Crippen LogP contribution in [-0.2, 0) is 11.3 Å². The van der Waals surface area contributed by atoms with Crippen LogP contribution in [0.3, 0.4) is 0 Å². The fraction of sp³-hybridized carbons (Fsp3) is 0.192. The van der Waals surface area contributed by atoms with Gasteiger partial charge in [-0.15, -0.1) is 0 Å². The van der Waals surface area contributed by atoms with E-state index in [9.17, 15) is 9.50 Å². The Balaban J connectivity index is 1.35. The number of benzene rings is 3. The molecule has 0 amide bonds. The highest BCUT2D eigenvalue weighted by molar-refractivity contribution is 6.32. The second-order valence-corrected chi connectivity index (χ2v) is 8.67. The number of hydrogen-bond donors (Lipinski definition) is 2. The Morgan fingerprint density at radius 2 is 2.08 bits per heavy atom. The summed E-state index contributed by atoms with van der Waals surface area (Å²) in [6.07, 6.45) is 1.48. The number of hydrogen-bond acceptors (Lipinski definition) is 7. The van der Waals surface area contributed by atoms with Gasteiger partial charge in [0.15, 0.2) is 0 Å². The number of amidine groups is 1. The predicted molar refractivity (Wildman–Crippen MR) is 137 cm³/mol. The standard InChI is InChI=1S/C26H23ClFN5O3/c1-33-20(12-34)14-36-26(33)32-18-5-7-23-21(10-18)25(30-15-29-23)31-19-6-8-24(22(27)11-19)35-13-16-3-2-4-17(28)9-16/h2-11,15,20,34H,12-14H2,1H3,(H,29,30,31)/b32-26-/t20-/m0/s1. The van der Waals surface area contributed by atoms with Crippen molar-refractivity contribution in [2.45, 2.75) is 12.6 Å². The third kappa shape index (κ3) is 5.17. The number of aliphatic hydroxyl groups is 1. The largest absolute Gasteiger partial charge is 0.487 e. The van der Waals surface area contributed by atoms with Gasteiger partial charge >= 0.3 is 0 Å². The molecule has 2 N–H and O–H groups in total. The highest BCUT2D eigenvalue weighted by Gasteiger charge is 2.27. The molecule has 0 radical (unpaired) electrons. The maximum Gasteiger partial charge on any atom is 0.292 e. The third-order valence-electron chi connectivity index (χ3n) is 5.79. The Kier molecular flexibility index (Phi) is 6.84. The van der Waals surface area contributed by atoms with Crippen molar-refractivity contribution in [1.29, 1.82) is 0 Å². The number of nitrogens with one attached hydrogen (secondary N) is 1. The lowest BCUT2D eigenvalue weighted by Gasteiger charge is -2.15. The van der Waals surface area contributed by atoms with Crippen molar-refractivity contribution in [3.8, 4) is 5.75 Å². The van der Waals surface area contributed by atoms with Gasteiger partial charge in [0, 0.05) is 18.1 Å². The Morgan fingerprint density at radius 1 is 1.19 bits per heavy atom. The smallest absolute Gasteiger partial charge is 0.292 e. The summed E-state index contributed by atoms with van der Waals surface area (Å²) in [4.78, 5) is 15.1. The molecule has 1 aliphatic rings. The maximum atomic E-state index is 13.4. The molecule has 36 heavy (non-hydrogen) atoms. The molecule has 4 aromatic rings. The van der Waals surface area contributed by atoms with Gasteiger partial charge < -0.3 is 24.8 Å². The minimum atomic E-state index is -0.314. The van der Waals surface area contributed by atoms with Crippen molar-refractivity contribution < 1.29 is 19.0 Å². The molecule has 2 heterocycles. The van der Waals surface area contributed by atoms with Gasteiger partial charge in [-0.2, -0.15) is 4.99 Å². The van der Waals surface area contributed by atoms with Crippen LogP contribution < -0.4 is 10.1 Å².